The Morgan fingerprint density at radius 1 is 1.32 bits per heavy atom. The molecule has 1 aromatic carbocycles. The van der Waals surface area contributed by atoms with Crippen molar-refractivity contribution in [2.75, 3.05) is 18.1 Å². The minimum Gasteiger partial charge on any atom is -0.465 e. The van der Waals surface area contributed by atoms with E-state index in [1.807, 2.05) is 0 Å². The lowest BCUT2D eigenvalue weighted by Gasteiger charge is -2.20. The molecule has 0 N–H and O–H groups in total. The highest BCUT2D eigenvalue weighted by molar-refractivity contribution is 6.35. The molecule has 0 heterocycles. The van der Waals surface area contributed by atoms with Gasteiger partial charge in [-0.1, -0.05) is 29.8 Å². The molecule has 0 bridgehead atoms. The first-order valence-corrected chi connectivity index (χ1v) is 6.29. The summed E-state index contributed by atoms with van der Waals surface area (Å²) in [4.78, 5) is 24.5. The van der Waals surface area contributed by atoms with Gasteiger partial charge in [-0.3, -0.25) is 14.5 Å². The van der Waals surface area contributed by atoms with Crippen LogP contribution in [0.25, 0.3) is 0 Å². The number of esters is 1. The Kier molecular flexibility index (Phi) is 5.86. The largest absolute Gasteiger partial charge is 0.465 e. The summed E-state index contributed by atoms with van der Waals surface area (Å²) in [7, 11) is 0. The van der Waals surface area contributed by atoms with Crippen LogP contribution < -0.4 is 4.90 Å². The summed E-state index contributed by atoms with van der Waals surface area (Å²) < 4.78 is 4.82. The monoisotopic (exact) mass is 301 g/mol. The number of hydrogen-bond acceptors (Lipinski definition) is 3. The molecule has 1 aromatic rings. The van der Waals surface area contributed by atoms with Gasteiger partial charge in [0.2, 0.25) is 0 Å². The molecule has 1 amide bonds. The molecule has 0 aliphatic carbocycles. The summed E-state index contributed by atoms with van der Waals surface area (Å²) in [6.45, 7) is 5.10. The van der Waals surface area contributed by atoms with E-state index < -0.39 is 11.9 Å². The summed E-state index contributed by atoms with van der Waals surface area (Å²) in [6, 6.07) is 4.61. The van der Waals surface area contributed by atoms with Crippen molar-refractivity contribution < 1.29 is 14.3 Å². The molecule has 0 unspecified atom stereocenters. The van der Waals surface area contributed by atoms with Crippen LogP contribution in [0.15, 0.2) is 30.9 Å². The van der Waals surface area contributed by atoms with Gasteiger partial charge >= 0.3 is 5.97 Å². The zero-order valence-electron chi connectivity index (χ0n) is 10.4. The van der Waals surface area contributed by atoms with Gasteiger partial charge in [-0.15, -0.1) is 0 Å². The van der Waals surface area contributed by atoms with Gasteiger partial charge in [-0.25, -0.2) is 0 Å². The quantitative estimate of drug-likeness (QED) is 0.620. The highest BCUT2D eigenvalue weighted by Gasteiger charge is 2.18. The van der Waals surface area contributed by atoms with Crippen molar-refractivity contribution in [3.63, 3.8) is 0 Å². The predicted octanol–water partition coefficient (Wildman–Crippen LogP) is 3.08. The molecule has 0 spiro atoms. The van der Waals surface area contributed by atoms with Crippen LogP contribution >= 0.6 is 23.2 Å². The predicted molar refractivity (Wildman–Crippen MR) is 75.6 cm³/mol. The highest BCUT2D eigenvalue weighted by Crippen LogP contribution is 2.25. The van der Waals surface area contributed by atoms with Crippen molar-refractivity contribution in [3.05, 3.63) is 40.9 Å². The first-order chi connectivity index (χ1) is 8.97. The van der Waals surface area contributed by atoms with E-state index in [-0.39, 0.29) is 13.2 Å². The smallest absolute Gasteiger partial charge is 0.326 e. The van der Waals surface area contributed by atoms with Crippen LogP contribution in [-0.4, -0.2) is 25.0 Å². The lowest BCUT2D eigenvalue weighted by molar-refractivity contribution is -0.142. The molecule has 0 saturated heterocycles. The molecule has 6 heteroatoms. The van der Waals surface area contributed by atoms with E-state index in [1.54, 1.807) is 6.92 Å². The average Bonchev–Trinajstić information content (AvgIpc) is 2.34. The van der Waals surface area contributed by atoms with Crippen LogP contribution in [0, 0.1) is 0 Å². The topological polar surface area (TPSA) is 46.6 Å². The number of benzene rings is 1. The second-order valence-electron chi connectivity index (χ2n) is 3.56. The Bertz CT molecular complexity index is 482. The molecule has 102 valence electrons. The molecular weight excluding hydrogens is 289 g/mol. The Labute approximate surface area is 121 Å². The van der Waals surface area contributed by atoms with E-state index in [0.29, 0.717) is 15.7 Å². The molecule has 4 nitrogen and oxygen atoms in total. The van der Waals surface area contributed by atoms with E-state index in [2.05, 4.69) is 6.58 Å². The van der Waals surface area contributed by atoms with E-state index in [0.717, 1.165) is 6.08 Å². The summed E-state index contributed by atoms with van der Waals surface area (Å²) in [5, 5.41) is 0.737. The number of amides is 1. The van der Waals surface area contributed by atoms with Gasteiger partial charge in [-0.05, 0) is 31.2 Å². The fourth-order valence-corrected chi connectivity index (χ4v) is 1.95. The Hall–Kier alpha value is -1.52. The minimum absolute atomic E-state index is 0.227. The highest BCUT2D eigenvalue weighted by atomic mass is 35.5. The van der Waals surface area contributed by atoms with Gasteiger partial charge in [0.05, 0.1) is 6.61 Å². The standard InChI is InChI=1S/C13H13Cl2NO3/c1-3-12(17)16(8-13(18)19-4-2)11-6-9(14)5-10(15)7-11/h3,5-7H,1,4,8H2,2H3. The molecule has 0 aliphatic heterocycles. The molecule has 0 aliphatic rings. The number of halogens is 2. The molecule has 0 radical (unpaired) electrons. The van der Waals surface area contributed by atoms with Gasteiger partial charge in [-0.2, -0.15) is 0 Å². The molecule has 1 rings (SSSR count). The number of carbonyl (C=O) groups is 2. The molecular formula is C13H13Cl2NO3. The maximum absolute atomic E-state index is 11.8. The lowest BCUT2D eigenvalue weighted by Crippen LogP contribution is -2.35. The second-order valence-corrected chi connectivity index (χ2v) is 4.43. The van der Waals surface area contributed by atoms with Gasteiger partial charge in [0.1, 0.15) is 6.54 Å². The van der Waals surface area contributed by atoms with Gasteiger partial charge in [0.15, 0.2) is 0 Å². The van der Waals surface area contributed by atoms with Gasteiger partial charge in [0, 0.05) is 15.7 Å². The SMILES string of the molecule is C=CC(=O)N(CC(=O)OCC)c1cc(Cl)cc(Cl)c1. The third-order valence-corrected chi connectivity index (χ3v) is 2.63. The van der Waals surface area contributed by atoms with Crippen LogP contribution in [0.1, 0.15) is 6.92 Å². The van der Waals surface area contributed by atoms with Crippen LogP contribution in [0.2, 0.25) is 10.0 Å². The maximum Gasteiger partial charge on any atom is 0.326 e. The average molecular weight is 302 g/mol. The first kappa shape index (κ1) is 15.5. The van der Waals surface area contributed by atoms with Crippen molar-refractivity contribution in [3.8, 4) is 0 Å². The maximum atomic E-state index is 11.8. The number of rotatable bonds is 5. The summed E-state index contributed by atoms with van der Waals surface area (Å²) in [5.74, 6) is -0.958. The van der Waals surface area contributed by atoms with Gasteiger partial charge in [0.25, 0.3) is 5.91 Å². The van der Waals surface area contributed by atoms with Crippen molar-refractivity contribution in [2.45, 2.75) is 6.92 Å². The Morgan fingerprint density at radius 3 is 2.37 bits per heavy atom. The lowest BCUT2D eigenvalue weighted by atomic mass is 10.2. The van der Waals surface area contributed by atoms with Crippen LogP contribution in [0.5, 0.6) is 0 Å². The molecule has 0 atom stereocenters. The Balaban J connectivity index is 3.05. The first-order valence-electron chi connectivity index (χ1n) is 5.53. The van der Waals surface area contributed by atoms with E-state index in [9.17, 15) is 9.59 Å². The number of carbonyl (C=O) groups excluding carboxylic acids is 2. The van der Waals surface area contributed by atoms with E-state index in [4.69, 9.17) is 27.9 Å². The van der Waals surface area contributed by atoms with Crippen LogP contribution in [0.3, 0.4) is 0 Å². The van der Waals surface area contributed by atoms with Gasteiger partial charge < -0.3 is 4.74 Å². The molecule has 0 aromatic heterocycles. The van der Waals surface area contributed by atoms with E-state index >= 15 is 0 Å². The Morgan fingerprint density at radius 2 is 1.89 bits per heavy atom. The fraction of sp³-hybridized carbons (Fsp3) is 0.231. The second kappa shape index (κ2) is 7.16. The van der Waals surface area contributed by atoms with Crippen LogP contribution in [0.4, 0.5) is 5.69 Å². The number of ether oxygens (including phenoxy) is 1. The molecule has 19 heavy (non-hydrogen) atoms. The zero-order valence-corrected chi connectivity index (χ0v) is 11.9. The zero-order chi connectivity index (χ0) is 14.4. The van der Waals surface area contributed by atoms with Crippen molar-refractivity contribution in [2.24, 2.45) is 0 Å². The van der Waals surface area contributed by atoms with E-state index in [1.165, 1.54) is 23.1 Å². The van der Waals surface area contributed by atoms with Crippen molar-refractivity contribution in [1.29, 1.82) is 0 Å². The summed E-state index contributed by atoms with van der Waals surface area (Å²) >= 11 is 11.8. The molecule has 0 fully saturated rings. The van der Waals surface area contributed by atoms with Crippen LogP contribution in [-0.2, 0) is 14.3 Å². The third-order valence-electron chi connectivity index (χ3n) is 2.19. The van der Waals surface area contributed by atoms with Crippen molar-refractivity contribution in [1.82, 2.24) is 0 Å². The molecule has 0 saturated carbocycles. The van der Waals surface area contributed by atoms with Crippen molar-refractivity contribution >= 4 is 40.8 Å². The summed E-state index contributed by atoms with van der Waals surface area (Å²) in [6.07, 6.45) is 1.11. The fourth-order valence-electron chi connectivity index (χ4n) is 1.44. The number of hydrogen-bond donors (Lipinski definition) is 0. The number of nitrogens with zero attached hydrogens (tertiary/aromatic N) is 1. The third kappa shape index (κ3) is 4.58. The number of anilines is 1. The normalized spacial score (nSPS) is 9.84. The minimum atomic E-state index is -0.520. The summed E-state index contributed by atoms with van der Waals surface area (Å²) in [5.41, 5.74) is 0.412.